The van der Waals surface area contributed by atoms with Crippen LogP contribution in [0.1, 0.15) is 72.2 Å². The zero-order valence-electron chi connectivity index (χ0n) is 42.0. The first-order chi connectivity index (χ1) is 36.5. The van der Waals surface area contributed by atoms with Gasteiger partial charge in [-0.2, -0.15) is 0 Å². The number of hydrogen-bond acceptors (Lipinski definition) is 14. The highest BCUT2D eigenvalue weighted by atomic mass is 16.7. The molecular formula is C58H50N8O10. The van der Waals surface area contributed by atoms with Gasteiger partial charge in [0.1, 0.15) is 34.4 Å². The number of nitriles is 2. The number of aryl methyl sites for hydroxylation is 2. The average Bonchev–Trinajstić information content (AvgIpc) is 3.40. The smallest absolute Gasteiger partial charge is 0.410 e. The Labute approximate surface area is 438 Å². The molecule has 382 valence electrons. The van der Waals surface area contributed by atoms with Gasteiger partial charge in [-0.05, 0) is 124 Å². The third-order valence-corrected chi connectivity index (χ3v) is 11.5. The molecule has 0 heterocycles. The highest BCUT2D eigenvalue weighted by Gasteiger charge is 2.29. The Hall–Kier alpha value is -10.5. The number of ether oxygens (including phenoxy) is 4. The molecule has 0 aliphatic rings. The van der Waals surface area contributed by atoms with Crippen molar-refractivity contribution in [2.75, 3.05) is 10.6 Å². The van der Waals surface area contributed by atoms with Crippen molar-refractivity contribution in [2.45, 2.75) is 52.6 Å². The number of hydrogen-bond donors (Lipinski definition) is 4. The molecule has 0 saturated heterocycles. The number of amides is 4. The minimum Gasteiger partial charge on any atom is -0.410 e. The quantitative estimate of drug-likeness (QED) is 0.0306. The minimum atomic E-state index is -1.01. The van der Waals surface area contributed by atoms with Gasteiger partial charge in [0.2, 0.25) is 0 Å². The molecule has 7 aromatic rings. The Morgan fingerprint density at radius 3 is 1.18 bits per heavy atom. The van der Waals surface area contributed by atoms with Crippen LogP contribution in [0, 0.1) is 36.9 Å². The van der Waals surface area contributed by atoms with Crippen LogP contribution in [0.25, 0.3) is 0 Å². The summed E-state index contributed by atoms with van der Waals surface area (Å²) in [6.07, 6.45) is 0.0130. The van der Waals surface area contributed by atoms with Crippen LogP contribution in [0.3, 0.4) is 0 Å². The van der Waals surface area contributed by atoms with Gasteiger partial charge < -0.3 is 29.6 Å². The molecule has 18 heteroatoms. The topological polar surface area (TPSA) is 244 Å². The molecule has 0 spiro atoms. The predicted octanol–water partition coefficient (Wildman–Crippen LogP) is 12.1. The molecule has 0 radical (unpaired) electrons. The SMILES string of the molecule is Cc1ccc(NC(=O)Oc2ccc(/C(=N/OC(=O)NC(C)(C)c3cccc(C(C)(C)NC(=O)O/N=C(\c4ccccc4)c4ccc(OC(=O)Nc5ccc(C)c(OC#N)c5)cc4)c3)c3ccccc3)cc2)cc1OC#N. The largest absolute Gasteiger partial charge is 0.434 e. The monoisotopic (exact) mass is 1020 g/mol. The second-order valence-electron chi connectivity index (χ2n) is 17.9. The number of nitrogens with one attached hydrogen (secondary N) is 4. The summed E-state index contributed by atoms with van der Waals surface area (Å²) in [4.78, 5) is 63.3. The van der Waals surface area contributed by atoms with Gasteiger partial charge in [-0.1, -0.05) is 107 Å². The molecule has 0 unspecified atom stereocenters. The van der Waals surface area contributed by atoms with E-state index in [2.05, 4.69) is 31.6 Å². The third-order valence-electron chi connectivity index (χ3n) is 11.5. The van der Waals surface area contributed by atoms with E-state index >= 15 is 0 Å². The number of nitrogens with zero attached hydrogens (tertiary/aromatic N) is 4. The van der Waals surface area contributed by atoms with Crippen molar-refractivity contribution in [3.8, 4) is 35.5 Å². The molecule has 18 nitrogen and oxygen atoms in total. The lowest BCUT2D eigenvalue weighted by Crippen LogP contribution is -2.43. The van der Waals surface area contributed by atoms with Crippen molar-refractivity contribution in [2.24, 2.45) is 10.3 Å². The zero-order valence-corrected chi connectivity index (χ0v) is 42.0. The first kappa shape index (κ1) is 53.3. The fourth-order valence-electron chi connectivity index (χ4n) is 7.44. The van der Waals surface area contributed by atoms with E-state index in [9.17, 15) is 19.2 Å². The Balaban J connectivity index is 0.980. The van der Waals surface area contributed by atoms with Gasteiger partial charge in [-0.3, -0.25) is 20.3 Å². The van der Waals surface area contributed by atoms with Crippen molar-refractivity contribution >= 4 is 47.2 Å². The summed E-state index contributed by atoms with van der Waals surface area (Å²) in [5.41, 5.74) is 4.56. The van der Waals surface area contributed by atoms with E-state index in [0.29, 0.717) is 78.8 Å². The summed E-state index contributed by atoms with van der Waals surface area (Å²) < 4.78 is 20.8. The van der Waals surface area contributed by atoms with Crippen LogP contribution < -0.4 is 40.2 Å². The van der Waals surface area contributed by atoms with Crippen LogP contribution in [-0.2, 0) is 20.8 Å². The van der Waals surface area contributed by atoms with Crippen LogP contribution in [0.2, 0.25) is 0 Å². The standard InChI is InChI=1S/C58H50N8O10/c1-37-20-26-45(33-49(37)71-35-59)61-53(67)73-47-28-22-41(23-29-47)51(39-14-9-7-10-15-39)65-75-55(69)63-57(3,4)43-18-13-19-44(32-43)58(5,6)64-56(70)76-66-52(40-16-11-8-12-17-40)42-24-30-48(31-25-42)74-54(68)62-46-27-21-38(2)50(34-46)72-36-60/h7-34H,1-6H3,(H,61,67)(H,62,68)(H,63,69)(H,64,70)/b65-51+,66-52+. The van der Waals surface area contributed by atoms with E-state index in [1.54, 1.807) is 157 Å². The number of oxime groups is 2. The van der Waals surface area contributed by atoms with Crippen molar-refractivity contribution < 1.29 is 47.8 Å². The Morgan fingerprint density at radius 2 is 0.816 bits per heavy atom. The third kappa shape index (κ3) is 14.4. The molecule has 7 aromatic carbocycles. The molecule has 0 bridgehead atoms. The first-order valence-corrected chi connectivity index (χ1v) is 23.4. The van der Waals surface area contributed by atoms with Crippen molar-refractivity contribution in [3.63, 3.8) is 0 Å². The molecule has 0 aliphatic carbocycles. The Bertz CT molecular complexity index is 3160. The van der Waals surface area contributed by atoms with E-state index in [0.717, 1.165) is 0 Å². The molecule has 76 heavy (non-hydrogen) atoms. The number of carbonyl (C=O) groups excluding carboxylic acids is 4. The molecule has 0 aliphatic heterocycles. The highest BCUT2D eigenvalue weighted by molar-refractivity contribution is 6.13. The van der Waals surface area contributed by atoms with Gasteiger partial charge in [0.25, 0.3) is 12.5 Å². The van der Waals surface area contributed by atoms with E-state index < -0.39 is 35.5 Å². The van der Waals surface area contributed by atoms with Gasteiger partial charge in [-0.25, -0.2) is 19.2 Å². The lowest BCUT2D eigenvalue weighted by Gasteiger charge is -2.30. The Kier molecular flexibility index (Phi) is 17.1. The number of rotatable bonds is 16. The van der Waals surface area contributed by atoms with E-state index in [4.69, 9.17) is 39.1 Å². The zero-order chi connectivity index (χ0) is 54.2. The first-order valence-electron chi connectivity index (χ1n) is 23.4. The van der Waals surface area contributed by atoms with Gasteiger partial charge in [0.15, 0.2) is 0 Å². The summed E-state index contributed by atoms with van der Waals surface area (Å²) in [6.45, 7) is 10.7. The molecular weight excluding hydrogens is 969 g/mol. The second-order valence-corrected chi connectivity index (χ2v) is 17.9. The molecule has 0 fully saturated rings. The minimum absolute atomic E-state index is 0.221. The molecule has 0 atom stereocenters. The summed E-state index contributed by atoms with van der Waals surface area (Å²) >= 11 is 0. The van der Waals surface area contributed by atoms with Gasteiger partial charge >= 0.3 is 24.4 Å². The molecule has 0 aromatic heterocycles. The summed E-state index contributed by atoms with van der Waals surface area (Å²) in [6, 6.07) is 48.1. The average molecular weight is 1020 g/mol. The van der Waals surface area contributed by atoms with Gasteiger partial charge in [0, 0.05) is 45.8 Å². The van der Waals surface area contributed by atoms with E-state index in [1.165, 1.54) is 12.1 Å². The fourth-order valence-corrected chi connectivity index (χ4v) is 7.44. The van der Waals surface area contributed by atoms with Crippen molar-refractivity contribution in [3.05, 3.63) is 214 Å². The lowest BCUT2D eigenvalue weighted by atomic mass is 9.87. The predicted molar refractivity (Wildman–Crippen MR) is 283 cm³/mol. The summed E-state index contributed by atoms with van der Waals surface area (Å²) in [5.74, 6) is 1.04. The molecule has 4 N–H and O–H groups in total. The van der Waals surface area contributed by atoms with E-state index in [1.807, 2.05) is 54.6 Å². The molecule has 4 amide bonds. The van der Waals surface area contributed by atoms with Gasteiger partial charge in [0.05, 0.1) is 11.1 Å². The number of benzene rings is 7. The second kappa shape index (κ2) is 24.3. The van der Waals surface area contributed by atoms with Crippen LogP contribution in [0.5, 0.6) is 23.0 Å². The fraction of sp³-hybridized carbons (Fsp3) is 0.138. The van der Waals surface area contributed by atoms with Crippen LogP contribution >= 0.6 is 0 Å². The summed E-state index contributed by atoms with van der Waals surface area (Å²) in [7, 11) is 0. The molecule has 7 rings (SSSR count). The maximum Gasteiger partial charge on any atom is 0.434 e. The van der Waals surface area contributed by atoms with Crippen molar-refractivity contribution in [1.29, 1.82) is 10.5 Å². The van der Waals surface area contributed by atoms with E-state index in [-0.39, 0.29) is 11.5 Å². The van der Waals surface area contributed by atoms with Gasteiger partial charge in [-0.15, -0.1) is 10.5 Å². The maximum absolute atomic E-state index is 13.5. The van der Waals surface area contributed by atoms with Crippen molar-refractivity contribution in [1.82, 2.24) is 10.6 Å². The summed E-state index contributed by atoms with van der Waals surface area (Å²) in [5, 5.41) is 37.3. The number of carbonyl (C=O) groups is 4. The Morgan fingerprint density at radius 1 is 0.447 bits per heavy atom. The molecule has 0 saturated carbocycles. The highest BCUT2D eigenvalue weighted by Crippen LogP contribution is 2.29. The normalized spacial score (nSPS) is 11.4. The van der Waals surface area contributed by atoms with Crippen LogP contribution in [0.4, 0.5) is 30.6 Å². The number of anilines is 2. The maximum atomic E-state index is 13.5. The lowest BCUT2D eigenvalue weighted by molar-refractivity contribution is 0.140. The van der Waals surface area contributed by atoms with Crippen LogP contribution in [-0.4, -0.2) is 35.8 Å². The van der Waals surface area contributed by atoms with Crippen LogP contribution in [0.15, 0.2) is 180 Å².